The van der Waals surface area contributed by atoms with Gasteiger partial charge in [-0.25, -0.2) is 4.68 Å². The van der Waals surface area contributed by atoms with E-state index >= 15 is 0 Å². The van der Waals surface area contributed by atoms with E-state index in [0.717, 1.165) is 25.3 Å². The van der Waals surface area contributed by atoms with Gasteiger partial charge < -0.3 is 0 Å². The smallest absolute Gasteiger partial charge is 0.173 e. The monoisotopic (exact) mass is 313 g/mol. The highest BCUT2D eigenvalue weighted by molar-refractivity contribution is 5.28. The number of likely N-dealkylation sites (tertiary alicyclic amines) is 1. The van der Waals surface area contributed by atoms with E-state index in [2.05, 4.69) is 72.4 Å². The van der Waals surface area contributed by atoms with E-state index in [9.17, 15) is 0 Å². The van der Waals surface area contributed by atoms with Crippen LogP contribution in [-0.2, 0) is 5.54 Å². The fourth-order valence-corrected chi connectivity index (χ4v) is 3.22. The van der Waals surface area contributed by atoms with Gasteiger partial charge in [-0.3, -0.25) is 4.90 Å². The van der Waals surface area contributed by atoms with Gasteiger partial charge in [-0.15, -0.1) is 5.10 Å². The average Bonchev–Trinajstić information content (AvgIpc) is 3.22. The quantitative estimate of drug-likeness (QED) is 0.849. The van der Waals surface area contributed by atoms with Crippen molar-refractivity contribution in [2.24, 2.45) is 0 Å². The topological polar surface area (TPSA) is 46.8 Å². The van der Waals surface area contributed by atoms with Crippen molar-refractivity contribution in [3.8, 4) is 0 Å². The molecule has 0 saturated carbocycles. The summed E-state index contributed by atoms with van der Waals surface area (Å²) < 4.78 is 2.02. The standard InChI is InChI=1S/C18H27N5/c1-5-18(3,4)23-17(19-20-21-23)16(22-12-6-7-13-22)15-10-8-14(2)9-11-15/h8-11,16H,5-7,12-13H2,1-4H3/t16-/m1/s1. The number of aromatic nitrogens is 4. The normalized spacial score (nSPS) is 17.6. The van der Waals surface area contributed by atoms with Crippen molar-refractivity contribution < 1.29 is 0 Å². The van der Waals surface area contributed by atoms with Gasteiger partial charge in [-0.05, 0) is 69.1 Å². The maximum Gasteiger partial charge on any atom is 0.173 e. The molecule has 0 amide bonds. The maximum absolute atomic E-state index is 4.43. The molecule has 0 radical (unpaired) electrons. The highest BCUT2D eigenvalue weighted by atomic mass is 15.6. The zero-order chi connectivity index (χ0) is 16.4. The van der Waals surface area contributed by atoms with Crippen molar-refractivity contribution in [1.82, 2.24) is 25.1 Å². The van der Waals surface area contributed by atoms with Gasteiger partial charge in [-0.2, -0.15) is 0 Å². The molecule has 2 heterocycles. The lowest BCUT2D eigenvalue weighted by molar-refractivity contribution is 0.230. The van der Waals surface area contributed by atoms with Crippen molar-refractivity contribution in [3.05, 3.63) is 41.2 Å². The second kappa shape index (κ2) is 6.40. The fourth-order valence-electron chi connectivity index (χ4n) is 3.22. The van der Waals surface area contributed by atoms with Gasteiger partial charge >= 0.3 is 0 Å². The predicted molar refractivity (Wildman–Crippen MR) is 91.3 cm³/mol. The van der Waals surface area contributed by atoms with Gasteiger partial charge in [0, 0.05) is 0 Å². The summed E-state index contributed by atoms with van der Waals surface area (Å²) in [6.45, 7) is 10.9. The summed E-state index contributed by atoms with van der Waals surface area (Å²) in [5, 5.41) is 12.8. The molecule has 0 N–H and O–H groups in total. The third kappa shape index (κ3) is 3.15. The Hall–Kier alpha value is -1.75. The maximum atomic E-state index is 4.43. The Kier molecular flexibility index (Phi) is 4.48. The molecule has 1 saturated heterocycles. The van der Waals surface area contributed by atoms with Gasteiger partial charge in [0.15, 0.2) is 5.82 Å². The van der Waals surface area contributed by atoms with Crippen LogP contribution in [0.5, 0.6) is 0 Å². The Morgan fingerprint density at radius 1 is 1.13 bits per heavy atom. The zero-order valence-corrected chi connectivity index (χ0v) is 14.7. The largest absolute Gasteiger partial charge is 0.290 e. The van der Waals surface area contributed by atoms with Crippen molar-refractivity contribution in [1.29, 1.82) is 0 Å². The molecule has 3 rings (SSSR count). The van der Waals surface area contributed by atoms with Crippen LogP contribution in [0.4, 0.5) is 0 Å². The molecule has 2 aromatic rings. The first-order valence-electron chi connectivity index (χ1n) is 8.62. The second-order valence-electron chi connectivity index (χ2n) is 7.17. The third-order valence-corrected chi connectivity index (χ3v) is 5.08. The highest BCUT2D eigenvalue weighted by Gasteiger charge is 2.33. The Labute approximate surface area is 138 Å². The molecule has 124 valence electrons. The number of nitrogens with zero attached hydrogens (tertiary/aromatic N) is 5. The Morgan fingerprint density at radius 2 is 1.78 bits per heavy atom. The van der Waals surface area contributed by atoms with E-state index in [-0.39, 0.29) is 11.6 Å². The SMILES string of the molecule is CCC(C)(C)n1nnnc1[C@@H](c1ccc(C)cc1)N1CCCC1. The molecule has 0 aliphatic carbocycles. The lowest BCUT2D eigenvalue weighted by Crippen LogP contribution is -2.35. The number of aryl methyl sites for hydroxylation is 1. The molecule has 23 heavy (non-hydrogen) atoms. The van der Waals surface area contributed by atoms with E-state index in [0.29, 0.717) is 0 Å². The number of hydrogen-bond acceptors (Lipinski definition) is 4. The summed E-state index contributed by atoms with van der Waals surface area (Å²) in [5.74, 6) is 0.961. The summed E-state index contributed by atoms with van der Waals surface area (Å²) in [6, 6.07) is 8.93. The number of hydrogen-bond donors (Lipinski definition) is 0. The van der Waals surface area contributed by atoms with E-state index in [1.54, 1.807) is 0 Å². The minimum atomic E-state index is -0.0818. The van der Waals surface area contributed by atoms with Gasteiger partial charge in [0.05, 0.1) is 11.6 Å². The van der Waals surface area contributed by atoms with E-state index in [1.165, 1.54) is 24.0 Å². The van der Waals surface area contributed by atoms with Crippen LogP contribution in [0.25, 0.3) is 0 Å². The van der Waals surface area contributed by atoms with Gasteiger partial charge in [-0.1, -0.05) is 36.8 Å². The van der Waals surface area contributed by atoms with Crippen LogP contribution < -0.4 is 0 Å². The number of rotatable bonds is 5. The van der Waals surface area contributed by atoms with Crippen LogP contribution in [0.3, 0.4) is 0 Å². The fraction of sp³-hybridized carbons (Fsp3) is 0.611. The average molecular weight is 313 g/mol. The van der Waals surface area contributed by atoms with Crippen LogP contribution >= 0.6 is 0 Å². The van der Waals surface area contributed by atoms with Crippen molar-refractivity contribution in [3.63, 3.8) is 0 Å². The lowest BCUT2D eigenvalue weighted by Gasteiger charge is -2.31. The first-order chi connectivity index (χ1) is 11.0. The molecule has 5 heteroatoms. The lowest BCUT2D eigenvalue weighted by atomic mass is 9.99. The second-order valence-corrected chi connectivity index (χ2v) is 7.17. The zero-order valence-electron chi connectivity index (χ0n) is 14.7. The first kappa shape index (κ1) is 16.1. The minimum absolute atomic E-state index is 0.0818. The predicted octanol–water partition coefficient (Wildman–Crippen LogP) is 3.31. The van der Waals surface area contributed by atoms with Crippen molar-refractivity contribution in [2.75, 3.05) is 13.1 Å². The summed E-state index contributed by atoms with van der Waals surface area (Å²) in [4.78, 5) is 2.51. The third-order valence-electron chi connectivity index (χ3n) is 5.08. The molecule has 1 aliphatic rings. The summed E-state index contributed by atoms with van der Waals surface area (Å²) >= 11 is 0. The summed E-state index contributed by atoms with van der Waals surface area (Å²) in [7, 11) is 0. The Balaban J connectivity index is 2.06. The van der Waals surface area contributed by atoms with Crippen LogP contribution in [0, 0.1) is 6.92 Å². The van der Waals surface area contributed by atoms with Crippen molar-refractivity contribution >= 4 is 0 Å². The van der Waals surface area contributed by atoms with E-state index < -0.39 is 0 Å². The Morgan fingerprint density at radius 3 is 2.39 bits per heavy atom. The molecule has 0 spiro atoms. The van der Waals surface area contributed by atoms with Gasteiger partial charge in [0.25, 0.3) is 0 Å². The van der Waals surface area contributed by atoms with Crippen LogP contribution in [-0.4, -0.2) is 38.2 Å². The summed E-state index contributed by atoms with van der Waals surface area (Å²) in [6.07, 6.45) is 3.49. The molecular formula is C18H27N5. The number of tetrazole rings is 1. The molecule has 1 aliphatic heterocycles. The van der Waals surface area contributed by atoms with Crippen LogP contribution in [0.2, 0.25) is 0 Å². The molecular weight excluding hydrogens is 286 g/mol. The minimum Gasteiger partial charge on any atom is -0.290 e. The van der Waals surface area contributed by atoms with Crippen LogP contribution in [0.1, 0.15) is 63.0 Å². The van der Waals surface area contributed by atoms with Crippen molar-refractivity contribution in [2.45, 2.75) is 58.5 Å². The van der Waals surface area contributed by atoms with Crippen LogP contribution in [0.15, 0.2) is 24.3 Å². The molecule has 0 bridgehead atoms. The first-order valence-corrected chi connectivity index (χ1v) is 8.62. The molecule has 1 fully saturated rings. The molecule has 1 aromatic heterocycles. The number of benzene rings is 1. The van der Waals surface area contributed by atoms with Gasteiger partial charge in [0.1, 0.15) is 0 Å². The molecule has 1 aromatic carbocycles. The van der Waals surface area contributed by atoms with E-state index in [4.69, 9.17) is 0 Å². The molecule has 0 unspecified atom stereocenters. The van der Waals surface area contributed by atoms with E-state index in [1.807, 2.05) is 4.68 Å². The Bertz CT molecular complexity index is 638. The molecule has 5 nitrogen and oxygen atoms in total. The van der Waals surface area contributed by atoms with Gasteiger partial charge in [0.2, 0.25) is 0 Å². The molecule has 1 atom stereocenters. The highest BCUT2D eigenvalue weighted by Crippen LogP contribution is 2.32. The summed E-state index contributed by atoms with van der Waals surface area (Å²) in [5.41, 5.74) is 2.48.